The fraction of sp³-hybridized carbons (Fsp3) is 0.562. The number of halogens is 1. The lowest BCUT2D eigenvalue weighted by atomic mass is 9.48. The van der Waals surface area contributed by atoms with Gasteiger partial charge in [0, 0.05) is 17.9 Å². The molecular formula is C16H21ClN2O2. The number of nitrogens with one attached hydrogen (secondary N) is 1. The van der Waals surface area contributed by atoms with Crippen LogP contribution in [0.1, 0.15) is 25.8 Å². The zero-order valence-corrected chi connectivity index (χ0v) is 13.3. The van der Waals surface area contributed by atoms with Gasteiger partial charge in [-0.15, -0.1) is 0 Å². The first-order valence-corrected chi connectivity index (χ1v) is 7.65. The summed E-state index contributed by atoms with van der Waals surface area (Å²) in [5.41, 5.74) is 6.80. The number of para-hydroxylation sites is 1. The van der Waals surface area contributed by atoms with Crippen molar-refractivity contribution in [2.24, 2.45) is 17.1 Å². The van der Waals surface area contributed by atoms with E-state index in [1.807, 2.05) is 32.9 Å². The summed E-state index contributed by atoms with van der Waals surface area (Å²) in [5.74, 6) is -0.0919. The van der Waals surface area contributed by atoms with Crippen LogP contribution >= 0.6 is 11.6 Å². The highest BCUT2D eigenvalue weighted by molar-refractivity contribution is 6.34. The van der Waals surface area contributed by atoms with Gasteiger partial charge in [-0.05, 0) is 25.0 Å². The van der Waals surface area contributed by atoms with Gasteiger partial charge in [0.15, 0.2) is 0 Å². The van der Waals surface area contributed by atoms with E-state index in [1.54, 1.807) is 6.07 Å². The molecule has 1 saturated heterocycles. The summed E-state index contributed by atoms with van der Waals surface area (Å²) in [4.78, 5) is 12.8. The molecule has 3 atom stereocenters. The van der Waals surface area contributed by atoms with Gasteiger partial charge in [0.2, 0.25) is 5.91 Å². The van der Waals surface area contributed by atoms with Gasteiger partial charge in [-0.3, -0.25) is 4.79 Å². The number of hydrogen-bond donors (Lipinski definition) is 2. The maximum absolute atomic E-state index is 12.8. The van der Waals surface area contributed by atoms with E-state index in [0.29, 0.717) is 17.3 Å². The van der Waals surface area contributed by atoms with Crippen LogP contribution in [0.15, 0.2) is 18.2 Å². The Labute approximate surface area is 130 Å². The molecule has 1 amide bonds. The number of nitrogens with two attached hydrogens (primary N) is 1. The number of carbonyl (C=O) groups is 1. The number of ether oxygens (including phenoxy) is 1. The molecule has 0 aromatic heterocycles. The lowest BCUT2D eigenvalue weighted by Gasteiger charge is -2.60. The van der Waals surface area contributed by atoms with E-state index in [1.165, 1.54) is 0 Å². The molecule has 1 heterocycles. The first kappa shape index (κ1) is 14.8. The number of fused-ring (bicyclic) bond motifs is 1. The normalized spacial score (nSPS) is 33.2. The minimum atomic E-state index is -0.917. The molecule has 3 N–H and O–H groups in total. The van der Waals surface area contributed by atoms with Crippen LogP contribution in [0.5, 0.6) is 0 Å². The molecule has 1 aliphatic heterocycles. The number of benzene rings is 1. The molecule has 1 aromatic carbocycles. The molecule has 5 heteroatoms. The summed E-state index contributed by atoms with van der Waals surface area (Å²) in [5, 5.41) is 3.47. The number of hydrogen-bond acceptors (Lipinski definition) is 3. The maximum atomic E-state index is 12.8. The van der Waals surface area contributed by atoms with Gasteiger partial charge < -0.3 is 15.8 Å². The third-order valence-electron chi connectivity index (χ3n) is 5.29. The highest BCUT2D eigenvalue weighted by atomic mass is 35.5. The molecule has 0 bridgehead atoms. The molecule has 21 heavy (non-hydrogen) atoms. The standard InChI is InChI=1S/C16H21ClN2O2/c1-9-5-4-6-11(17)12(9)19-14(20)16(18)10-7-8-21-13(10)15(16,2)3/h4-6,10,13H,7-8,18H2,1-3H3,(H,19,20). The SMILES string of the molecule is Cc1cccc(Cl)c1NC(=O)C1(N)C2CCOC2C1(C)C. The predicted octanol–water partition coefficient (Wildman–Crippen LogP) is 2.73. The van der Waals surface area contributed by atoms with E-state index in [9.17, 15) is 4.79 Å². The number of aryl methyl sites for hydroxylation is 1. The van der Waals surface area contributed by atoms with Crippen molar-refractivity contribution in [3.05, 3.63) is 28.8 Å². The lowest BCUT2D eigenvalue weighted by Crippen LogP contribution is -2.79. The molecule has 2 aliphatic rings. The molecule has 0 radical (unpaired) electrons. The minimum absolute atomic E-state index is 0.0700. The van der Waals surface area contributed by atoms with Crippen LogP contribution < -0.4 is 11.1 Å². The number of carbonyl (C=O) groups excluding carboxylic acids is 1. The van der Waals surface area contributed by atoms with Crippen molar-refractivity contribution in [3.63, 3.8) is 0 Å². The fourth-order valence-corrected chi connectivity index (χ4v) is 4.12. The van der Waals surface area contributed by atoms with Gasteiger partial charge in [-0.2, -0.15) is 0 Å². The summed E-state index contributed by atoms with van der Waals surface area (Å²) in [6.07, 6.45) is 0.903. The average molecular weight is 309 g/mol. The van der Waals surface area contributed by atoms with Gasteiger partial charge in [-0.25, -0.2) is 0 Å². The summed E-state index contributed by atoms with van der Waals surface area (Å²) in [6.45, 7) is 6.59. The highest BCUT2D eigenvalue weighted by Gasteiger charge is 2.71. The van der Waals surface area contributed by atoms with Crippen molar-refractivity contribution >= 4 is 23.2 Å². The van der Waals surface area contributed by atoms with Crippen molar-refractivity contribution in [1.29, 1.82) is 0 Å². The molecular weight excluding hydrogens is 288 g/mol. The largest absolute Gasteiger partial charge is 0.377 e. The van der Waals surface area contributed by atoms with Crippen molar-refractivity contribution in [2.75, 3.05) is 11.9 Å². The quantitative estimate of drug-likeness (QED) is 0.883. The zero-order chi connectivity index (χ0) is 15.4. The van der Waals surface area contributed by atoms with Gasteiger partial charge in [-0.1, -0.05) is 37.6 Å². The van der Waals surface area contributed by atoms with Crippen LogP contribution in [0.3, 0.4) is 0 Å². The van der Waals surface area contributed by atoms with Crippen molar-refractivity contribution in [3.8, 4) is 0 Å². The maximum Gasteiger partial charge on any atom is 0.245 e. The van der Waals surface area contributed by atoms with Crippen LogP contribution in [0.4, 0.5) is 5.69 Å². The molecule has 1 saturated carbocycles. The molecule has 3 unspecified atom stereocenters. The van der Waals surface area contributed by atoms with Gasteiger partial charge in [0.05, 0.1) is 16.8 Å². The number of anilines is 1. The van der Waals surface area contributed by atoms with E-state index in [-0.39, 0.29) is 23.3 Å². The van der Waals surface area contributed by atoms with E-state index in [4.69, 9.17) is 22.1 Å². The monoisotopic (exact) mass is 308 g/mol. The Hall–Kier alpha value is -1.10. The Balaban J connectivity index is 1.89. The van der Waals surface area contributed by atoms with Gasteiger partial charge in [0.1, 0.15) is 5.54 Å². The topological polar surface area (TPSA) is 64.4 Å². The molecule has 3 rings (SSSR count). The Bertz CT molecular complexity index is 582. The van der Waals surface area contributed by atoms with Crippen molar-refractivity contribution < 1.29 is 9.53 Å². The van der Waals surface area contributed by atoms with E-state index in [0.717, 1.165) is 12.0 Å². The molecule has 2 fully saturated rings. The number of amides is 1. The Morgan fingerprint density at radius 3 is 2.86 bits per heavy atom. The smallest absolute Gasteiger partial charge is 0.245 e. The molecule has 4 nitrogen and oxygen atoms in total. The summed E-state index contributed by atoms with van der Waals surface area (Å²) in [7, 11) is 0. The second-order valence-corrected chi connectivity index (χ2v) is 7.07. The second kappa shape index (κ2) is 4.70. The zero-order valence-electron chi connectivity index (χ0n) is 12.6. The van der Waals surface area contributed by atoms with Crippen LogP contribution in [0, 0.1) is 18.3 Å². The van der Waals surface area contributed by atoms with E-state index in [2.05, 4.69) is 5.32 Å². The Morgan fingerprint density at radius 2 is 2.19 bits per heavy atom. The third kappa shape index (κ3) is 1.86. The summed E-state index contributed by atoms with van der Waals surface area (Å²) in [6, 6.07) is 5.54. The lowest BCUT2D eigenvalue weighted by molar-refractivity contribution is -0.170. The minimum Gasteiger partial charge on any atom is -0.377 e. The van der Waals surface area contributed by atoms with Crippen molar-refractivity contribution in [2.45, 2.75) is 38.8 Å². The Kier molecular flexibility index (Phi) is 3.32. The van der Waals surface area contributed by atoms with Crippen LogP contribution in [-0.2, 0) is 9.53 Å². The molecule has 1 aromatic rings. The first-order valence-electron chi connectivity index (χ1n) is 7.27. The summed E-state index contributed by atoms with van der Waals surface area (Å²) >= 11 is 6.19. The third-order valence-corrected chi connectivity index (χ3v) is 5.61. The van der Waals surface area contributed by atoms with Gasteiger partial charge >= 0.3 is 0 Å². The van der Waals surface area contributed by atoms with Gasteiger partial charge in [0.25, 0.3) is 0 Å². The highest BCUT2D eigenvalue weighted by Crippen LogP contribution is 2.58. The van der Waals surface area contributed by atoms with Crippen LogP contribution in [-0.4, -0.2) is 24.2 Å². The van der Waals surface area contributed by atoms with Crippen LogP contribution in [0.25, 0.3) is 0 Å². The number of rotatable bonds is 2. The van der Waals surface area contributed by atoms with E-state index < -0.39 is 5.54 Å². The predicted molar refractivity (Wildman–Crippen MR) is 83.4 cm³/mol. The van der Waals surface area contributed by atoms with Crippen LogP contribution in [0.2, 0.25) is 5.02 Å². The van der Waals surface area contributed by atoms with E-state index >= 15 is 0 Å². The summed E-state index contributed by atoms with van der Waals surface area (Å²) < 4.78 is 5.72. The second-order valence-electron chi connectivity index (χ2n) is 6.66. The Morgan fingerprint density at radius 1 is 1.48 bits per heavy atom. The average Bonchev–Trinajstić information content (AvgIpc) is 2.90. The molecule has 1 aliphatic carbocycles. The van der Waals surface area contributed by atoms with Crippen molar-refractivity contribution in [1.82, 2.24) is 0 Å². The fourth-order valence-electron chi connectivity index (χ4n) is 3.85. The molecule has 0 spiro atoms. The first-order chi connectivity index (χ1) is 9.80. The molecule has 114 valence electrons.